The molecule has 5 heteroatoms. The van der Waals surface area contributed by atoms with Gasteiger partial charge in [-0.15, -0.1) is 12.4 Å². The van der Waals surface area contributed by atoms with E-state index < -0.39 is 0 Å². The zero-order chi connectivity index (χ0) is 12.7. The van der Waals surface area contributed by atoms with Crippen LogP contribution < -0.4 is 5.32 Å². The van der Waals surface area contributed by atoms with Crippen LogP contribution in [0.1, 0.15) is 33.1 Å². The molecule has 1 aliphatic rings. The molecule has 0 aromatic heterocycles. The van der Waals surface area contributed by atoms with Gasteiger partial charge in [0.1, 0.15) is 0 Å². The van der Waals surface area contributed by atoms with Crippen molar-refractivity contribution in [1.29, 1.82) is 0 Å². The predicted octanol–water partition coefficient (Wildman–Crippen LogP) is 1.68. The monoisotopic (exact) mass is 278 g/mol. The van der Waals surface area contributed by atoms with Gasteiger partial charge in [0, 0.05) is 12.6 Å². The Hall–Kier alpha value is -0.320. The lowest BCUT2D eigenvalue weighted by Gasteiger charge is -2.30. The summed E-state index contributed by atoms with van der Waals surface area (Å²) in [7, 11) is 2.10. The Morgan fingerprint density at radius 1 is 1.44 bits per heavy atom. The van der Waals surface area contributed by atoms with Crippen molar-refractivity contribution in [3.63, 3.8) is 0 Å². The summed E-state index contributed by atoms with van der Waals surface area (Å²) in [5.74, 6) is 0.683. The van der Waals surface area contributed by atoms with E-state index in [-0.39, 0.29) is 24.4 Å². The Balaban J connectivity index is 0.00000289. The number of carbonyl (C=O) groups is 1. The molecule has 108 valence electrons. The summed E-state index contributed by atoms with van der Waals surface area (Å²) < 4.78 is 4.98. The van der Waals surface area contributed by atoms with Gasteiger partial charge in [-0.25, -0.2) is 0 Å². The van der Waals surface area contributed by atoms with Crippen molar-refractivity contribution < 1.29 is 9.53 Å². The van der Waals surface area contributed by atoms with Crippen LogP contribution in [0.4, 0.5) is 0 Å². The molecule has 4 nitrogen and oxygen atoms in total. The van der Waals surface area contributed by atoms with Gasteiger partial charge in [0.15, 0.2) is 0 Å². The Bertz CT molecular complexity index is 233. The summed E-state index contributed by atoms with van der Waals surface area (Å²) in [6.07, 6.45) is 2.99. The highest BCUT2D eigenvalue weighted by Crippen LogP contribution is 2.15. The molecule has 1 rings (SSSR count). The number of hydrogen-bond acceptors (Lipinski definition) is 4. The molecular formula is C13H27ClN2O2. The highest BCUT2D eigenvalue weighted by molar-refractivity contribution is 5.85. The highest BCUT2D eigenvalue weighted by Gasteiger charge is 2.19. The van der Waals surface area contributed by atoms with Crippen LogP contribution in [-0.2, 0) is 9.53 Å². The van der Waals surface area contributed by atoms with Gasteiger partial charge < -0.3 is 15.0 Å². The van der Waals surface area contributed by atoms with Crippen LogP contribution in [0.25, 0.3) is 0 Å². The smallest absolute Gasteiger partial charge is 0.307 e. The number of ether oxygens (including phenoxy) is 1. The first-order valence-corrected chi connectivity index (χ1v) is 6.70. The van der Waals surface area contributed by atoms with Crippen LogP contribution in [0.3, 0.4) is 0 Å². The molecule has 1 saturated heterocycles. The largest absolute Gasteiger partial charge is 0.466 e. The maximum atomic E-state index is 11.4. The quantitative estimate of drug-likeness (QED) is 0.751. The summed E-state index contributed by atoms with van der Waals surface area (Å²) >= 11 is 0. The second-order valence-electron chi connectivity index (χ2n) is 4.99. The van der Waals surface area contributed by atoms with E-state index >= 15 is 0 Å². The van der Waals surface area contributed by atoms with Crippen LogP contribution in [0.15, 0.2) is 0 Å². The second-order valence-corrected chi connectivity index (χ2v) is 4.99. The molecule has 0 spiro atoms. The molecule has 1 atom stereocenters. The molecule has 1 N–H and O–H groups in total. The molecule has 0 amide bonds. The van der Waals surface area contributed by atoms with E-state index in [0.717, 1.165) is 25.6 Å². The first kappa shape index (κ1) is 17.7. The standard InChI is InChI=1S/C13H26N2O2.ClH/c1-4-17-13(16)9-11(2)15(3)10-12-5-7-14-8-6-12;/h11-12,14H,4-10H2,1-3H3;1H. The molecule has 1 unspecified atom stereocenters. The minimum Gasteiger partial charge on any atom is -0.466 e. The summed E-state index contributed by atoms with van der Waals surface area (Å²) in [5.41, 5.74) is 0. The maximum Gasteiger partial charge on any atom is 0.307 e. The zero-order valence-corrected chi connectivity index (χ0v) is 12.6. The molecule has 1 aliphatic heterocycles. The Labute approximate surface area is 117 Å². The van der Waals surface area contributed by atoms with E-state index in [4.69, 9.17) is 4.74 Å². The van der Waals surface area contributed by atoms with Crippen molar-refractivity contribution in [3.8, 4) is 0 Å². The van der Waals surface area contributed by atoms with Gasteiger partial charge in [-0.3, -0.25) is 4.79 Å². The number of rotatable bonds is 6. The molecule has 0 aromatic carbocycles. The fraction of sp³-hybridized carbons (Fsp3) is 0.923. The van der Waals surface area contributed by atoms with Crippen molar-refractivity contribution in [1.82, 2.24) is 10.2 Å². The lowest BCUT2D eigenvalue weighted by molar-refractivity contribution is -0.144. The molecule has 0 radical (unpaired) electrons. The lowest BCUT2D eigenvalue weighted by atomic mass is 9.97. The van der Waals surface area contributed by atoms with Gasteiger partial charge in [-0.1, -0.05) is 0 Å². The van der Waals surface area contributed by atoms with Gasteiger partial charge in [0.2, 0.25) is 0 Å². The van der Waals surface area contributed by atoms with Gasteiger partial charge in [-0.05, 0) is 52.7 Å². The Kier molecular flexibility index (Phi) is 9.42. The van der Waals surface area contributed by atoms with E-state index in [0.29, 0.717) is 13.0 Å². The maximum absolute atomic E-state index is 11.4. The first-order valence-electron chi connectivity index (χ1n) is 6.70. The lowest BCUT2D eigenvalue weighted by Crippen LogP contribution is -2.39. The number of esters is 1. The summed E-state index contributed by atoms with van der Waals surface area (Å²) in [5, 5.41) is 3.37. The average Bonchev–Trinajstić information content (AvgIpc) is 2.30. The summed E-state index contributed by atoms with van der Waals surface area (Å²) in [6, 6.07) is 0.268. The van der Waals surface area contributed by atoms with Gasteiger partial charge >= 0.3 is 5.97 Å². The van der Waals surface area contributed by atoms with Gasteiger partial charge in [0.05, 0.1) is 13.0 Å². The minimum atomic E-state index is -0.0860. The van der Waals surface area contributed by atoms with Crippen molar-refractivity contribution in [2.24, 2.45) is 5.92 Å². The summed E-state index contributed by atoms with van der Waals surface area (Å²) in [4.78, 5) is 13.7. The fourth-order valence-corrected chi connectivity index (χ4v) is 2.27. The normalized spacial score (nSPS) is 18.2. The third kappa shape index (κ3) is 6.57. The topological polar surface area (TPSA) is 41.6 Å². The van der Waals surface area contributed by atoms with Crippen LogP contribution in [0, 0.1) is 5.92 Å². The zero-order valence-electron chi connectivity index (χ0n) is 11.8. The van der Waals surface area contributed by atoms with Gasteiger partial charge in [-0.2, -0.15) is 0 Å². The predicted molar refractivity (Wildman–Crippen MR) is 76.2 cm³/mol. The molecule has 1 heterocycles. The van der Waals surface area contributed by atoms with Crippen LogP contribution in [-0.4, -0.2) is 50.2 Å². The van der Waals surface area contributed by atoms with Crippen molar-refractivity contribution in [2.45, 2.75) is 39.2 Å². The molecule has 0 bridgehead atoms. The molecule has 0 saturated carbocycles. The number of carbonyl (C=O) groups excluding carboxylic acids is 1. The number of nitrogens with zero attached hydrogens (tertiary/aromatic N) is 1. The molecule has 1 fully saturated rings. The first-order chi connectivity index (χ1) is 8.13. The van der Waals surface area contributed by atoms with Crippen LogP contribution in [0.5, 0.6) is 0 Å². The fourth-order valence-electron chi connectivity index (χ4n) is 2.27. The van der Waals surface area contributed by atoms with E-state index in [1.54, 1.807) is 0 Å². The average molecular weight is 279 g/mol. The van der Waals surface area contributed by atoms with Crippen molar-refractivity contribution in [3.05, 3.63) is 0 Å². The second kappa shape index (κ2) is 9.59. The molecule has 0 aliphatic carbocycles. The minimum absolute atomic E-state index is 0. The number of piperidine rings is 1. The number of nitrogens with one attached hydrogen (secondary N) is 1. The van der Waals surface area contributed by atoms with Crippen molar-refractivity contribution in [2.75, 3.05) is 33.3 Å². The van der Waals surface area contributed by atoms with E-state index in [2.05, 4.69) is 24.2 Å². The summed E-state index contributed by atoms with van der Waals surface area (Å²) in [6.45, 7) is 7.76. The van der Waals surface area contributed by atoms with E-state index in [9.17, 15) is 4.79 Å². The highest BCUT2D eigenvalue weighted by atomic mass is 35.5. The van der Waals surface area contributed by atoms with Crippen LogP contribution >= 0.6 is 12.4 Å². The van der Waals surface area contributed by atoms with E-state index in [1.807, 2.05) is 6.92 Å². The van der Waals surface area contributed by atoms with E-state index in [1.165, 1.54) is 12.8 Å². The number of hydrogen-bond donors (Lipinski definition) is 1. The Morgan fingerprint density at radius 3 is 2.61 bits per heavy atom. The molecule has 0 aromatic rings. The molecule has 18 heavy (non-hydrogen) atoms. The molecular weight excluding hydrogens is 252 g/mol. The van der Waals surface area contributed by atoms with Crippen molar-refractivity contribution >= 4 is 18.4 Å². The van der Waals surface area contributed by atoms with Gasteiger partial charge in [0.25, 0.3) is 0 Å². The van der Waals surface area contributed by atoms with Crippen LogP contribution in [0.2, 0.25) is 0 Å². The SMILES string of the molecule is CCOC(=O)CC(C)N(C)CC1CCNCC1.Cl. The number of halogens is 1. The third-order valence-electron chi connectivity index (χ3n) is 3.52. The third-order valence-corrected chi connectivity index (χ3v) is 3.52. The Morgan fingerprint density at radius 2 is 2.06 bits per heavy atom.